The molecule has 0 fully saturated rings. The first-order valence-corrected chi connectivity index (χ1v) is 6.86. The van der Waals surface area contributed by atoms with Gasteiger partial charge in [-0.25, -0.2) is 9.37 Å². The van der Waals surface area contributed by atoms with Crippen LogP contribution in [0.2, 0.25) is 0 Å². The molecular weight excluding hydrogens is 289 g/mol. The highest BCUT2D eigenvalue weighted by Crippen LogP contribution is 2.28. The number of benzene rings is 2. The van der Waals surface area contributed by atoms with Crippen LogP contribution in [0.3, 0.4) is 0 Å². The number of imidazole rings is 1. The number of aromatic nitrogens is 2. The number of fused-ring (bicyclic) bond motifs is 1. The van der Waals surface area contributed by atoms with Gasteiger partial charge in [-0.2, -0.15) is 5.26 Å². The maximum Gasteiger partial charge on any atom is 0.132 e. The first kappa shape index (κ1) is 13.6. The smallest absolute Gasteiger partial charge is 0.132 e. The van der Waals surface area contributed by atoms with Gasteiger partial charge in [0.05, 0.1) is 28.0 Å². The van der Waals surface area contributed by atoms with E-state index in [1.54, 1.807) is 28.8 Å². The van der Waals surface area contributed by atoms with E-state index in [-0.39, 0.29) is 11.2 Å². The third kappa shape index (κ3) is 2.37. The SMILES string of the molecule is CC(Cl)c1nc2ccc(F)cc2n1-c1cccc(C#N)c1. The van der Waals surface area contributed by atoms with E-state index in [0.29, 0.717) is 22.4 Å². The number of nitriles is 1. The Balaban J connectivity index is 2.35. The molecule has 0 amide bonds. The molecule has 0 saturated carbocycles. The average Bonchev–Trinajstić information content (AvgIpc) is 2.86. The number of rotatable bonds is 2. The maximum atomic E-state index is 13.6. The van der Waals surface area contributed by atoms with E-state index in [9.17, 15) is 4.39 Å². The molecule has 3 aromatic rings. The van der Waals surface area contributed by atoms with Crippen molar-refractivity contribution in [3.05, 3.63) is 59.7 Å². The summed E-state index contributed by atoms with van der Waals surface area (Å²) in [6, 6.07) is 13.6. The molecule has 0 aliphatic carbocycles. The summed E-state index contributed by atoms with van der Waals surface area (Å²) < 4.78 is 15.4. The second-order valence-corrected chi connectivity index (χ2v) is 5.37. The molecule has 21 heavy (non-hydrogen) atoms. The van der Waals surface area contributed by atoms with Crippen LogP contribution >= 0.6 is 11.6 Å². The lowest BCUT2D eigenvalue weighted by molar-refractivity contribution is 0.629. The summed E-state index contributed by atoms with van der Waals surface area (Å²) in [5, 5.41) is 8.69. The van der Waals surface area contributed by atoms with Gasteiger partial charge in [-0.15, -0.1) is 11.6 Å². The third-order valence-corrected chi connectivity index (χ3v) is 3.43. The van der Waals surface area contributed by atoms with Gasteiger partial charge in [0.25, 0.3) is 0 Å². The lowest BCUT2D eigenvalue weighted by Crippen LogP contribution is -2.02. The maximum absolute atomic E-state index is 13.6. The summed E-state index contributed by atoms with van der Waals surface area (Å²) in [5.41, 5.74) is 2.57. The summed E-state index contributed by atoms with van der Waals surface area (Å²) in [7, 11) is 0. The predicted molar refractivity (Wildman–Crippen MR) is 80.0 cm³/mol. The van der Waals surface area contributed by atoms with Crippen LogP contribution in [0.5, 0.6) is 0 Å². The fourth-order valence-corrected chi connectivity index (χ4v) is 2.47. The van der Waals surface area contributed by atoms with Crippen LogP contribution in [-0.2, 0) is 0 Å². The summed E-state index contributed by atoms with van der Waals surface area (Å²) in [6.07, 6.45) is 0. The normalized spacial score (nSPS) is 12.3. The highest BCUT2D eigenvalue weighted by atomic mass is 35.5. The quantitative estimate of drug-likeness (QED) is 0.661. The molecule has 0 bridgehead atoms. The topological polar surface area (TPSA) is 41.6 Å². The molecule has 0 aliphatic rings. The lowest BCUT2D eigenvalue weighted by Gasteiger charge is -2.10. The molecule has 0 aliphatic heterocycles. The van der Waals surface area contributed by atoms with Gasteiger partial charge in [0.2, 0.25) is 0 Å². The van der Waals surface area contributed by atoms with Crippen molar-refractivity contribution in [2.45, 2.75) is 12.3 Å². The van der Waals surface area contributed by atoms with Crippen molar-refractivity contribution in [2.75, 3.05) is 0 Å². The van der Waals surface area contributed by atoms with Crippen molar-refractivity contribution in [2.24, 2.45) is 0 Å². The van der Waals surface area contributed by atoms with Crippen LogP contribution in [0.4, 0.5) is 4.39 Å². The standard InChI is InChI=1S/C16H11ClFN3/c1-10(17)16-20-14-6-5-12(18)8-15(14)21(16)13-4-2-3-11(7-13)9-19/h2-8,10H,1H3. The molecule has 0 radical (unpaired) electrons. The van der Waals surface area contributed by atoms with E-state index in [2.05, 4.69) is 11.1 Å². The first-order valence-electron chi connectivity index (χ1n) is 6.42. The van der Waals surface area contributed by atoms with Gasteiger partial charge in [0, 0.05) is 11.8 Å². The molecular formula is C16H11ClFN3. The lowest BCUT2D eigenvalue weighted by atomic mass is 10.2. The van der Waals surface area contributed by atoms with E-state index in [1.165, 1.54) is 12.1 Å². The molecule has 104 valence electrons. The second-order valence-electron chi connectivity index (χ2n) is 4.72. The summed E-state index contributed by atoms with van der Waals surface area (Å²) in [5.74, 6) is 0.279. The van der Waals surface area contributed by atoms with Crippen molar-refractivity contribution in [1.82, 2.24) is 9.55 Å². The highest BCUT2D eigenvalue weighted by molar-refractivity contribution is 6.20. The van der Waals surface area contributed by atoms with Gasteiger partial charge in [-0.05, 0) is 37.3 Å². The summed E-state index contributed by atoms with van der Waals surface area (Å²) in [4.78, 5) is 4.47. The fourth-order valence-electron chi connectivity index (χ4n) is 2.32. The molecule has 1 unspecified atom stereocenters. The Morgan fingerprint density at radius 3 is 2.81 bits per heavy atom. The molecule has 0 N–H and O–H groups in total. The van der Waals surface area contributed by atoms with Gasteiger partial charge >= 0.3 is 0 Å². The number of hydrogen-bond donors (Lipinski definition) is 0. The Labute approximate surface area is 126 Å². The number of nitrogens with zero attached hydrogens (tertiary/aromatic N) is 3. The summed E-state index contributed by atoms with van der Waals surface area (Å²) >= 11 is 6.20. The van der Waals surface area contributed by atoms with Crippen LogP contribution in [0.1, 0.15) is 23.7 Å². The van der Waals surface area contributed by atoms with Gasteiger partial charge in [-0.1, -0.05) is 6.07 Å². The monoisotopic (exact) mass is 299 g/mol. The largest absolute Gasteiger partial charge is 0.295 e. The van der Waals surface area contributed by atoms with E-state index < -0.39 is 0 Å². The molecule has 5 heteroatoms. The Hall–Kier alpha value is -2.38. The zero-order chi connectivity index (χ0) is 15.0. The Kier molecular flexibility index (Phi) is 3.36. The molecule has 2 aromatic carbocycles. The number of hydrogen-bond acceptors (Lipinski definition) is 2. The van der Waals surface area contributed by atoms with Gasteiger partial charge in [-0.3, -0.25) is 4.57 Å². The average molecular weight is 300 g/mol. The summed E-state index contributed by atoms with van der Waals surface area (Å²) in [6.45, 7) is 1.81. The molecule has 1 heterocycles. The fraction of sp³-hybridized carbons (Fsp3) is 0.125. The van der Waals surface area contributed by atoms with E-state index >= 15 is 0 Å². The first-order chi connectivity index (χ1) is 10.1. The predicted octanol–water partition coefficient (Wildman–Crippen LogP) is 4.34. The Morgan fingerprint density at radius 2 is 2.10 bits per heavy atom. The van der Waals surface area contributed by atoms with E-state index in [0.717, 1.165) is 5.69 Å². The minimum atomic E-state index is -0.341. The van der Waals surface area contributed by atoms with Gasteiger partial charge in [0.1, 0.15) is 11.6 Å². The van der Waals surface area contributed by atoms with Crippen LogP contribution < -0.4 is 0 Å². The minimum absolute atomic E-state index is 0.339. The molecule has 0 spiro atoms. The number of alkyl halides is 1. The van der Waals surface area contributed by atoms with Crippen LogP contribution in [-0.4, -0.2) is 9.55 Å². The van der Waals surface area contributed by atoms with Crippen molar-refractivity contribution in [1.29, 1.82) is 5.26 Å². The molecule has 3 nitrogen and oxygen atoms in total. The zero-order valence-corrected chi connectivity index (χ0v) is 12.0. The van der Waals surface area contributed by atoms with Crippen molar-refractivity contribution < 1.29 is 4.39 Å². The number of halogens is 2. The Bertz CT molecular complexity index is 862. The van der Waals surface area contributed by atoms with Crippen LogP contribution in [0, 0.1) is 17.1 Å². The van der Waals surface area contributed by atoms with Crippen LogP contribution in [0.25, 0.3) is 16.7 Å². The van der Waals surface area contributed by atoms with E-state index in [4.69, 9.17) is 16.9 Å². The third-order valence-electron chi connectivity index (χ3n) is 3.23. The molecule has 1 aromatic heterocycles. The van der Waals surface area contributed by atoms with Crippen molar-refractivity contribution >= 4 is 22.6 Å². The minimum Gasteiger partial charge on any atom is -0.295 e. The van der Waals surface area contributed by atoms with Gasteiger partial charge < -0.3 is 0 Å². The highest BCUT2D eigenvalue weighted by Gasteiger charge is 2.17. The van der Waals surface area contributed by atoms with E-state index in [1.807, 2.05) is 13.0 Å². The second kappa shape index (κ2) is 5.19. The van der Waals surface area contributed by atoms with Crippen molar-refractivity contribution in [3.63, 3.8) is 0 Å². The molecule has 0 saturated heterocycles. The molecule has 3 rings (SSSR count). The zero-order valence-electron chi connectivity index (χ0n) is 11.2. The van der Waals surface area contributed by atoms with Gasteiger partial charge in [0.15, 0.2) is 0 Å². The Morgan fingerprint density at radius 1 is 1.29 bits per heavy atom. The van der Waals surface area contributed by atoms with Crippen molar-refractivity contribution in [3.8, 4) is 11.8 Å². The van der Waals surface area contributed by atoms with Crippen LogP contribution in [0.15, 0.2) is 42.5 Å². The molecule has 1 atom stereocenters.